The fraction of sp³-hybridized carbons (Fsp3) is 0.429. The van der Waals surface area contributed by atoms with E-state index in [2.05, 4.69) is 20.4 Å². The summed E-state index contributed by atoms with van der Waals surface area (Å²) < 4.78 is 6.59. The zero-order valence-electron chi connectivity index (χ0n) is 12.5. The van der Waals surface area contributed by atoms with Crippen LogP contribution < -0.4 is 5.32 Å². The third-order valence-electron chi connectivity index (χ3n) is 2.73. The maximum absolute atomic E-state index is 11.9. The van der Waals surface area contributed by atoms with Crippen molar-refractivity contribution in [2.45, 2.75) is 27.2 Å². The van der Waals surface area contributed by atoms with Gasteiger partial charge in [0.1, 0.15) is 11.4 Å². The molecule has 0 unspecified atom stereocenters. The average molecular weight is 289 g/mol. The van der Waals surface area contributed by atoms with Gasteiger partial charge in [-0.2, -0.15) is 10.1 Å². The maximum atomic E-state index is 11.9. The first kappa shape index (κ1) is 15.0. The van der Waals surface area contributed by atoms with Crippen LogP contribution in [-0.4, -0.2) is 38.9 Å². The van der Waals surface area contributed by atoms with Crippen LogP contribution in [0.1, 0.15) is 36.2 Å². The van der Waals surface area contributed by atoms with Gasteiger partial charge in [-0.1, -0.05) is 6.92 Å². The third kappa shape index (κ3) is 3.56. The molecule has 0 radical (unpaired) electrons. The molecule has 7 heteroatoms. The molecule has 0 aliphatic rings. The van der Waals surface area contributed by atoms with Crippen molar-refractivity contribution in [3.63, 3.8) is 0 Å². The zero-order chi connectivity index (χ0) is 15.2. The average Bonchev–Trinajstić information content (AvgIpc) is 2.91. The summed E-state index contributed by atoms with van der Waals surface area (Å²) in [7, 11) is 0. The van der Waals surface area contributed by atoms with E-state index in [9.17, 15) is 4.79 Å². The lowest BCUT2D eigenvalue weighted by Gasteiger charge is -2.10. The molecule has 0 amide bonds. The predicted octanol–water partition coefficient (Wildman–Crippen LogP) is 1.97. The molecule has 21 heavy (non-hydrogen) atoms. The van der Waals surface area contributed by atoms with Gasteiger partial charge in [0.2, 0.25) is 0 Å². The molecule has 112 valence electrons. The fourth-order valence-corrected chi connectivity index (χ4v) is 1.74. The fourth-order valence-electron chi connectivity index (χ4n) is 1.74. The largest absolute Gasteiger partial charge is 0.462 e. The molecule has 0 spiro atoms. The molecule has 0 saturated heterocycles. The summed E-state index contributed by atoms with van der Waals surface area (Å²) in [4.78, 5) is 20.5. The number of carbonyl (C=O) groups is 1. The van der Waals surface area contributed by atoms with E-state index in [4.69, 9.17) is 4.74 Å². The number of hydrogen-bond donors (Lipinski definition) is 1. The summed E-state index contributed by atoms with van der Waals surface area (Å²) in [5.41, 5.74) is 1.34. The number of carbonyl (C=O) groups excluding carboxylic acids is 1. The van der Waals surface area contributed by atoms with Gasteiger partial charge in [0.15, 0.2) is 0 Å². The lowest BCUT2D eigenvalue weighted by molar-refractivity contribution is 0.0526. The van der Waals surface area contributed by atoms with Crippen LogP contribution in [0.3, 0.4) is 0 Å². The maximum Gasteiger partial charge on any atom is 0.343 e. The number of ether oxygens (including phenoxy) is 1. The van der Waals surface area contributed by atoms with E-state index < -0.39 is 5.97 Å². The van der Waals surface area contributed by atoms with Crippen LogP contribution in [0.25, 0.3) is 5.95 Å². The van der Waals surface area contributed by atoms with Gasteiger partial charge in [-0.05, 0) is 25.8 Å². The van der Waals surface area contributed by atoms with E-state index >= 15 is 0 Å². The number of aromatic nitrogens is 4. The van der Waals surface area contributed by atoms with Gasteiger partial charge in [-0.15, -0.1) is 0 Å². The third-order valence-corrected chi connectivity index (χ3v) is 2.73. The minimum atomic E-state index is -0.431. The van der Waals surface area contributed by atoms with Crippen molar-refractivity contribution >= 4 is 11.8 Å². The van der Waals surface area contributed by atoms with Crippen LogP contribution in [0.15, 0.2) is 18.6 Å². The summed E-state index contributed by atoms with van der Waals surface area (Å²) >= 11 is 0. The first-order valence-corrected chi connectivity index (χ1v) is 6.95. The monoisotopic (exact) mass is 289 g/mol. The molecule has 0 fully saturated rings. The second-order valence-electron chi connectivity index (χ2n) is 4.54. The molecule has 2 aromatic rings. The Bertz CT molecular complexity index is 624. The lowest BCUT2D eigenvalue weighted by Crippen LogP contribution is -2.15. The number of esters is 1. The lowest BCUT2D eigenvalue weighted by atomic mass is 10.3. The van der Waals surface area contributed by atoms with E-state index in [1.54, 1.807) is 17.8 Å². The Balaban J connectivity index is 2.36. The van der Waals surface area contributed by atoms with E-state index in [-0.39, 0.29) is 0 Å². The normalized spacial score (nSPS) is 10.4. The van der Waals surface area contributed by atoms with Gasteiger partial charge < -0.3 is 10.1 Å². The Hall–Kier alpha value is -2.44. The van der Waals surface area contributed by atoms with Gasteiger partial charge in [0.05, 0.1) is 12.8 Å². The van der Waals surface area contributed by atoms with Gasteiger partial charge in [-0.3, -0.25) is 0 Å². The molecule has 0 saturated carbocycles. The first-order valence-electron chi connectivity index (χ1n) is 6.95. The molecule has 1 N–H and O–H groups in total. The highest BCUT2D eigenvalue weighted by molar-refractivity contribution is 5.94. The van der Waals surface area contributed by atoms with Crippen molar-refractivity contribution in [3.05, 3.63) is 29.7 Å². The molecular formula is C14H19N5O2. The Morgan fingerprint density at radius 3 is 2.81 bits per heavy atom. The molecule has 2 heterocycles. The number of rotatable bonds is 6. The van der Waals surface area contributed by atoms with Crippen molar-refractivity contribution in [1.82, 2.24) is 19.7 Å². The highest BCUT2D eigenvalue weighted by Crippen LogP contribution is 2.15. The molecular weight excluding hydrogens is 270 g/mol. The minimum Gasteiger partial charge on any atom is -0.462 e. The van der Waals surface area contributed by atoms with E-state index in [0.29, 0.717) is 30.5 Å². The van der Waals surface area contributed by atoms with E-state index in [1.807, 2.05) is 20.0 Å². The Morgan fingerprint density at radius 2 is 2.19 bits per heavy atom. The zero-order valence-corrected chi connectivity index (χ0v) is 12.5. The molecule has 7 nitrogen and oxygen atoms in total. The minimum absolute atomic E-state index is 0.312. The topological polar surface area (TPSA) is 81.9 Å². The van der Waals surface area contributed by atoms with Gasteiger partial charge >= 0.3 is 5.97 Å². The number of nitrogens with one attached hydrogen (secondary N) is 1. The smallest absolute Gasteiger partial charge is 0.343 e. The highest BCUT2D eigenvalue weighted by atomic mass is 16.5. The van der Waals surface area contributed by atoms with Crippen molar-refractivity contribution in [1.29, 1.82) is 0 Å². The van der Waals surface area contributed by atoms with Gasteiger partial charge in [0.25, 0.3) is 5.95 Å². The summed E-state index contributed by atoms with van der Waals surface area (Å²) in [6.07, 6.45) is 5.93. The summed E-state index contributed by atoms with van der Waals surface area (Å²) in [5, 5.41) is 7.29. The Labute approximate surface area is 123 Å². The standard InChI is InChI=1S/C14H19N5O2/c1-4-6-15-12-11(13(20)21-5-2)8-16-14(18-12)19-9-10(3)7-17-19/h7-9H,4-6H2,1-3H3,(H,15,16,18). The molecule has 0 atom stereocenters. The summed E-state index contributed by atoms with van der Waals surface area (Å²) in [6.45, 7) is 6.76. The van der Waals surface area contributed by atoms with Crippen LogP contribution in [0.5, 0.6) is 0 Å². The molecule has 0 aliphatic heterocycles. The van der Waals surface area contributed by atoms with Crippen LogP contribution in [0.2, 0.25) is 0 Å². The number of aryl methyl sites for hydroxylation is 1. The van der Waals surface area contributed by atoms with Crippen LogP contribution in [0, 0.1) is 6.92 Å². The molecule has 0 bridgehead atoms. The molecule has 2 rings (SSSR count). The van der Waals surface area contributed by atoms with Gasteiger partial charge in [0, 0.05) is 18.9 Å². The second kappa shape index (κ2) is 6.83. The van der Waals surface area contributed by atoms with Crippen molar-refractivity contribution in [2.24, 2.45) is 0 Å². The second-order valence-corrected chi connectivity index (χ2v) is 4.54. The van der Waals surface area contributed by atoms with E-state index in [0.717, 1.165) is 12.0 Å². The predicted molar refractivity (Wildman–Crippen MR) is 78.6 cm³/mol. The van der Waals surface area contributed by atoms with Crippen molar-refractivity contribution in [3.8, 4) is 5.95 Å². The summed E-state index contributed by atoms with van der Waals surface area (Å²) in [5.74, 6) is 0.447. The van der Waals surface area contributed by atoms with Crippen LogP contribution in [-0.2, 0) is 4.74 Å². The number of anilines is 1. The van der Waals surface area contributed by atoms with Crippen LogP contribution >= 0.6 is 0 Å². The SMILES string of the molecule is CCCNc1nc(-n2cc(C)cn2)ncc1C(=O)OCC. The van der Waals surface area contributed by atoms with Gasteiger partial charge in [-0.25, -0.2) is 14.5 Å². The molecule has 0 aromatic carbocycles. The Kier molecular flexibility index (Phi) is 4.86. The van der Waals surface area contributed by atoms with Crippen molar-refractivity contribution in [2.75, 3.05) is 18.5 Å². The molecule has 2 aromatic heterocycles. The number of nitrogens with zero attached hydrogens (tertiary/aromatic N) is 4. The molecule has 0 aliphatic carbocycles. The highest BCUT2D eigenvalue weighted by Gasteiger charge is 2.16. The van der Waals surface area contributed by atoms with Crippen LogP contribution in [0.4, 0.5) is 5.82 Å². The number of hydrogen-bond acceptors (Lipinski definition) is 6. The quantitative estimate of drug-likeness (QED) is 0.819. The first-order chi connectivity index (χ1) is 10.2. The Morgan fingerprint density at radius 1 is 1.38 bits per heavy atom. The van der Waals surface area contributed by atoms with Crippen molar-refractivity contribution < 1.29 is 9.53 Å². The summed E-state index contributed by atoms with van der Waals surface area (Å²) in [6, 6.07) is 0. The van der Waals surface area contributed by atoms with E-state index in [1.165, 1.54) is 6.20 Å².